The Morgan fingerprint density at radius 2 is 1.50 bits per heavy atom. The van der Waals surface area contributed by atoms with Crippen molar-refractivity contribution in [1.82, 2.24) is 0 Å². The largest absolute Gasteiger partial charge is 2.00 e. The third kappa shape index (κ3) is 30.1. The quantitative estimate of drug-likeness (QED) is 0.513. The van der Waals surface area contributed by atoms with Gasteiger partial charge in [0, 0.05) is 0 Å². The Morgan fingerprint density at radius 1 is 1.50 bits per heavy atom. The summed E-state index contributed by atoms with van der Waals surface area (Å²) in [6, 6.07) is 0. The molecule has 0 amide bonds. The Morgan fingerprint density at radius 3 is 1.50 bits per heavy atom. The van der Waals surface area contributed by atoms with Gasteiger partial charge in [-0.1, -0.05) is 0 Å². The van der Waals surface area contributed by atoms with Crippen LogP contribution in [-0.2, 0) is 4.46 Å². The van der Waals surface area contributed by atoms with Crippen molar-refractivity contribution in [3.63, 3.8) is 0 Å². The maximum absolute atomic E-state index is 8.74. The van der Waals surface area contributed by atoms with Gasteiger partial charge in [-0.2, -0.15) is 0 Å². The van der Waals surface area contributed by atoms with E-state index in [1.807, 2.05) is 0 Å². The molecule has 0 radical (unpaired) electrons. The first-order chi connectivity index (χ1) is 1.73. The van der Waals surface area contributed by atoms with E-state index in [1.165, 1.54) is 0 Å². The van der Waals surface area contributed by atoms with Crippen LogP contribution in [0.15, 0.2) is 0 Å². The summed E-state index contributed by atoms with van der Waals surface area (Å²) in [5.41, 5.74) is 0. The van der Waals surface area contributed by atoms with Gasteiger partial charge in [0.05, 0.1) is 0 Å². The van der Waals surface area contributed by atoms with Crippen LogP contribution in [-0.4, -0.2) is 113 Å². The summed E-state index contributed by atoms with van der Waals surface area (Å²) >= 11 is 0. The van der Waals surface area contributed by atoms with Gasteiger partial charge in [-0.05, 0) is 0 Å². The van der Waals surface area contributed by atoms with Crippen molar-refractivity contribution in [2.24, 2.45) is 0 Å². The van der Waals surface area contributed by atoms with Gasteiger partial charge in [0.2, 0.25) is 0 Å². The first kappa shape index (κ1) is 15.9. The fraction of sp³-hybridized carbons (Fsp3) is 0. The monoisotopic (exact) mass is 308 g/mol. The molecule has 3 nitrogen and oxygen atoms in total. The zero-order valence-electron chi connectivity index (χ0n) is 7.22. The van der Waals surface area contributed by atoms with Crippen molar-refractivity contribution in [3.8, 4) is 0 Å². The summed E-state index contributed by atoms with van der Waals surface area (Å²) in [4.78, 5) is 14.3. The van der Waals surface area contributed by atoms with Crippen LogP contribution in [0.4, 0.5) is 0 Å². The first-order valence-corrected chi connectivity index (χ1v) is 1.95. The van der Waals surface area contributed by atoms with Crippen molar-refractivity contribution in [2.75, 3.05) is 0 Å². The first-order valence-electron chi connectivity index (χ1n) is 0.651. The normalized spacial score (nSPS) is 4.00. The fourth-order valence-corrected chi connectivity index (χ4v) is 0. The summed E-state index contributed by atoms with van der Waals surface area (Å²) in [7, 11) is -3.13. The van der Waals surface area contributed by atoms with Crippen molar-refractivity contribution in [3.05, 3.63) is 0 Å². The predicted molar refractivity (Wildman–Crippen MR) is 26.8 cm³/mol. The molecule has 0 bridgehead atoms. The van der Waals surface area contributed by atoms with Crippen molar-refractivity contribution in [1.29, 1.82) is 0 Å². The minimum absolute atomic E-state index is 0. The second-order valence-corrected chi connectivity index (χ2v) is 0.848. The predicted octanol–water partition coefficient (Wildman–Crippen LogP) is -1.93. The number of hydrogen-bond donors (Lipinski definition) is 2. The maximum atomic E-state index is 8.74. The van der Waals surface area contributed by atoms with Gasteiger partial charge in [0.1, 0.15) is 0 Å². The van der Waals surface area contributed by atoms with E-state index in [4.69, 9.17) is 14.1 Å². The van der Waals surface area contributed by atoms with Crippen molar-refractivity contribution < 1.29 is 19.8 Å². The molecule has 6 heavy (non-hydrogen) atoms. The minimum atomic E-state index is -3.13. The minimum Gasteiger partial charge on any atom is -1.00 e. The molecule has 0 saturated heterocycles. The summed E-state index contributed by atoms with van der Waals surface area (Å²) < 4.78 is 8.74. The van der Waals surface area contributed by atoms with Gasteiger partial charge in [-0.25, -0.2) is 0 Å². The second-order valence-electron chi connectivity index (χ2n) is 0.283. The second kappa shape index (κ2) is 10.6. The third-order valence-corrected chi connectivity index (χ3v) is 0. The molecule has 0 rings (SSSR count). The van der Waals surface area contributed by atoms with E-state index >= 15 is 0 Å². The number of hydrogen-bond acceptors (Lipinski definition) is 1. The van der Waals surface area contributed by atoms with E-state index in [0.717, 1.165) is 0 Å². The van der Waals surface area contributed by atoms with Crippen LogP contribution in [0.25, 0.3) is 0 Å². The Balaban J connectivity index is -0.00000000300. The third-order valence-electron chi connectivity index (χ3n) is 0. The van der Waals surface area contributed by atoms with Gasteiger partial charge >= 0.3 is 104 Å². The van der Waals surface area contributed by atoms with Gasteiger partial charge < -0.3 is 15.3 Å². The molecule has 0 spiro atoms. The Hall–Kier alpha value is 2.67. The average Bonchev–Trinajstić information content (AvgIpc) is 0.811. The van der Waals surface area contributed by atoms with Crippen LogP contribution in [0.1, 0.15) is 5.71 Å². The summed E-state index contributed by atoms with van der Waals surface area (Å²) in [5, 5.41) is 0. The fourth-order valence-electron chi connectivity index (χ4n) is 0. The van der Waals surface area contributed by atoms with E-state index in [9.17, 15) is 0 Å². The molecule has 0 aliphatic rings. The summed E-state index contributed by atoms with van der Waals surface area (Å²) in [6.45, 7) is 0. The molecular formula is H6BaO3SiSr. The molecule has 0 fully saturated rings. The maximum Gasteiger partial charge on any atom is 2.00 e. The Labute approximate surface area is 120 Å². The molecule has 0 aromatic rings. The van der Waals surface area contributed by atoms with E-state index in [1.54, 1.807) is 0 Å². The molecule has 0 heterocycles. The Kier molecular flexibility index (Phi) is 28.1. The molecule has 0 atom stereocenters. The molecule has 0 aliphatic heterocycles. The van der Waals surface area contributed by atoms with Gasteiger partial charge in [-0.3, -0.25) is 4.46 Å². The van der Waals surface area contributed by atoms with Crippen LogP contribution in [0.3, 0.4) is 0 Å². The standard InChI is InChI=1S/Ba.H2O3Si.Sr.4H/c;1-4(2)3;;;;;/h;1-2H;;;;;/q+2;;+2;4*-1. The molecule has 32 valence electrons. The SMILES string of the molecule is O=[Si](O)O.[Ba+2].[H-].[H-].[H-].[H-].[Sr+2]. The summed E-state index contributed by atoms with van der Waals surface area (Å²) in [5.74, 6) is 0. The van der Waals surface area contributed by atoms with E-state index in [2.05, 4.69) is 0 Å². The molecule has 0 aliphatic carbocycles. The van der Waals surface area contributed by atoms with Crippen LogP contribution < -0.4 is 0 Å². The molecule has 0 aromatic heterocycles. The zero-order chi connectivity index (χ0) is 3.58. The van der Waals surface area contributed by atoms with Gasteiger partial charge in [-0.15, -0.1) is 0 Å². The van der Waals surface area contributed by atoms with E-state index < -0.39 is 9.17 Å². The molecular weight excluding hydrogens is 301 g/mol. The molecule has 0 unspecified atom stereocenters. The Bertz CT molecular complexity index is 43.5. The average molecular weight is 307 g/mol. The van der Waals surface area contributed by atoms with E-state index in [-0.39, 0.29) is 100 Å². The smallest absolute Gasteiger partial charge is 1.00 e. The van der Waals surface area contributed by atoms with E-state index in [0.29, 0.717) is 0 Å². The van der Waals surface area contributed by atoms with Crippen molar-refractivity contribution >= 4 is 104 Å². The van der Waals surface area contributed by atoms with Crippen LogP contribution in [0, 0.1) is 0 Å². The zero-order valence-corrected chi connectivity index (χ0v) is 12.1. The van der Waals surface area contributed by atoms with Gasteiger partial charge in [0.25, 0.3) is 0 Å². The van der Waals surface area contributed by atoms with Crippen molar-refractivity contribution in [2.45, 2.75) is 0 Å². The van der Waals surface area contributed by atoms with Gasteiger partial charge in [0.15, 0.2) is 0 Å². The van der Waals surface area contributed by atoms with Crippen LogP contribution in [0.5, 0.6) is 0 Å². The molecule has 0 saturated carbocycles. The topological polar surface area (TPSA) is 57.5 Å². The molecule has 0 aromatic carbocycles. The molecule has 2 N–H and O–H groups in total. The summed E-state index contributed by atoms with van der Waals surface area (Å²) in [6.07, 6.45) is 0. The molecule has 6 heteroatoms. The van der Waals surface area contributed by atoms with Crippen LogP contribution >= 0.6 is 0 Å². The number of rotatable bonds is 0. The van der Waals surface area contributed by atoms with Crippen LogP contribution in [0.2, 0.25) is 0 Å².